The second-order valence-corrected chi connectivity index (χ2v) is 2.70. The third kappa shape index (κ3) is 2.82. The summed E-state index contributed by atoms with van der Waals surface area (Å²) in [6.07, 6.45) is 3.09. The summed E-state index contributed by atoms with van der Waals surface area (Å²) in [5.41, 5.74) is 0. The van der Waals surface area contributed by atoms with Gasteiger partial charge in [-0.25, -0.2) is 0 Å². The quantitative estimate of drug-likeness (QED) is 0.629. The minimum absolute atomic E-state index is 0.532. The maximum Gasteiger partial charge on any atom is 0.189 e. The van der Waals surface area contributed by atoms with Crippen molar-refractivity contribution in [3.63, 3.8) is 0 Å². The first-order chi connectivity index (χ1) is 4.80. The fraction of sp³-hybridized carbons (Fsp3) is 0.429. The molecule has 0 aliphatic carbocycles. The van der Waals surface area contributed by atoms with Gasteiger partial charge < -0.3 is 4.42 Å². The Morgan fingerprint density at radius 2 is 2.10 bits per heavy atom. The van der Waals surface area contributed by atoms with Crippen LogP contribution in [0.1, 0.15) is 13.8 Å². The Morgan fingerprint density at radius 3 is 2.30 bits per heavy atom. The normalized spacial score (nSPS) is 11.5. The van der Waals surface area contributed by atoms with Crippen LogP contribution in [-0.4, -0.2) is 10.5 Å². The van der Waals surface area contributed by atoms with Crippen molar-refractivity contribution in [2.24, 2.45) is 0 Å². The smallest absolute Gasteiger partial charge is 0.189 e. The molecule has 0 aliphatic heterocycles. The maximum absolute atomic E-state index is 10.5. The monoisotopic (exact) mass is 160 g/mol. The molecule has 0 bridgehead atoms. The molecular weight excluding hydrogens is 148 g/mol. The highest BCUT2D eigenvalue weighted by molar-refractivity contribution is 7.84. The Morgan fingerprint density at radius 1 is 1.50 bits per heavy atom. The average Bonchev–Trinajstić information content (AvgIpc) is 2.42. The molecule has 0 fully saturated rings. The van der Waals surface area contributed by atoms with Crippen LogP contribution < -0.4 is 0 Å². The van der Waals surface area contributed by atoms with Crippen molar-refractivity contribution in [3.05, 3.63) is 18.4 Å². The fourth-order valence-electron chi connectivity index (χ4n) is 0.427. The van der Waals surface area contributed by atoms with E-state index in [9.17, 15) is 4.21 Å². The molecule has 1 atom stereocenters. The predicted molar refractivity (Wildman–Crippen MR) is 42.4 cm³/mol. The second kappa shape index (κ2) is 5.23. The first-order valence-corrected chi connectivity index (χ1v) is 4.73. The third-order valence-corrected chi connectivity index (χ3v) is 1.58. The molecule has 1 aromatic rings. The van der Waals surface area contributed by atoms with Crippen molar-refractivity contribution < 1.29 is 8.63 Å². The molecule has 0 amide bonds. The zero-order chi connectivity index (χ0) is 7.98. The van der Waals surface area contributed by atoms with E-state index in [-0.39, 0.29) is 0 Å². The van der Waals surface area contributed by atoms with E-state index >= 15 is 0 Å². The Hall–Kier alpha value is -0.570. The largest absolute Gasteiger partial charge is 0.456 e. The van der Waals surface area contributed by atoms with E-state index in [4.69, 9.17) is 4.42 Å². The van der Waals surface area contributed by atoms with Crippen LogP contribution in [0.5, 0.6) is 0 Å². The number of hydrogen-bond acceptors (Lipinski definition) is 2. The van der Waals surface area contributed by atoms with Gasteiger partial charge in [-0.1, -0.05) is 13.8 Å². The summed E-state index contributed by atoms with van der Waals surface area (Å²) in [5, 5.41) is 0.532. The minimum Gasteiger partial charge on any atom is -0.456 e. The van der Waals surface area contributed by atoms with E-state index in [0.717, 1.165) is 0 Å². The average molecular weight is 160 g/mol. The van der Waals surface area contributed by atoms with Gasteiger partial charge in [0.1, 0.15) is 0 Å². The van der Waals surface area contributed by atoms with Crippen molar-refractivity contribution >= 4 is 10.8 Å². The van der Waals surface area contributed by atoms with E-state index in [2.05, 4.69) is 0 Å². The van der Waals surface area contributed by atoms with Crippen LogP contribution in [0.15, 0.2) is 27.9 Å². The van der Waals surface area contributed by atoms with Crippen LogP contribution in [0.4, 0.5) is 0 Å². The highest BCUT2D eigenvalue weighted by atomic mass is 32.2. The number of rotatable bonds is 1. The first kappa shape index (κ1) is 9.43. The summed E-state index contributed by atoms with van der Waals surface area (Å²) in [5.74, 6) is 0. The van der Waals surface area contributed by atoms with Gasteiger partial charge in [-0.15, -0.1) is 0 Å². The number of furan rings is 1. The molecule has 10 heavy (non-hydrogen) atoms. The molecule has 0 aliphatic rings. The Kier molecular flexibility index (Phi) is 4.94. The van der Waals surface area contributed by atoms with Crippen molar-refractivity contribution in [2.75, 3.05) is 6.26 Å². The molecular formula is C7H12O2S. The fourth-order valence-corrected chi connectivity index (χ4v) is 0.888. The van der Waals surface area contributed by atoms with E-state index in [1.807, 2.05) is 13.8 Å². The Labute approximate surface area is 63.7 Å². The standard InChI is InChI=1S/C5H6O2S.C2H6/c1-8(6)5-3-2-4-7-5;1-2/h2-4H,1H3;1-2H3. The van der Waals surface area contributed by atoms with Crippen molar-refractivity contribution in [3.8, 4) is 0 Å². The van der Waals surface area contributed by atoms with Crippen molar-refractivity contribution in [2.45, 2.75) is 18.9 Å². The second-order valence-electron chi connectivity index (χ2n) is 1.39. The number of hydrogen-bond donors (Lipinski definition) is 0. The van der Waals surface area contributed by atoms with Crippen LogP contribution >= 0.6 is 0 Å². The first-order valence-electron chi connectivity index (χ1n) is 3.17. The van der Waals surface area contributed by atoms with Gasteiger partial charge in [-0.2, -0.15) is 0 Å². The van der Waals surface area contributed by atoms with Crippen LogP contribution in [0.2, 0.25) is 0 Å². The van der Waals surface area contributed by atoms with Crippen LogP contribution in [0.25, 0.3) is 0 Å². The zero-order valence-electron chi connectivity index (χ0n) is 6.46. The van der Waals surface area contributed by atoms with Crippen LogP contribution in [-0.2, 0) is 10.8 Å². The summed E-state index contributed by atoms with van der Waals surface area (Å²) in [7, 11) is -0.965. The van der Waals surface area contributed by atoms with Gasteiger partial charge in [0.25, 0.3) is 0 Å². The lowest BCUT2D eigenvalue weighted by atomic mass is 10.7. The van der Waals surface area contributed by atoms with E-state index in [0.29, 0.717) is 5.09 Å². The minimum atomic E-state index is -0.965. The molecule has 1 unspecified atom stereocenters. The Bertz CT molecular complexity index is 179. The molecule has 3 heteroatoms. The summed E-state index contributed by atoms with van der Waals surface area (Å²) in [4.78, 5) is 0. The molecule has 0 radical (unpaired) electrons. The van der Waals surface area contributed by atoms with Crippen LogP contribution in [0.3, 0.4) is 0 Å². The predicted octanol–water partition coefficient (Wildman–Crippen LogP) is 2.04. The highest BCUT2D eigenvalue weighted by Crippen LogP contribution is 2.02. The SMILES string of the molecule is CC.CS(=O)c1ccco1. The third-order valence-electron chi connectivity index (χ3n) is 0.778. The van der Waals surface area contributed by atoms with E-state index < -0.39 is 10.8 Å². The molecule has 0 aromatic carbocycles. The van der Waals surface area contributed by atoms with Gasteiger partial charge >= 0.3 is 0 Å². The van der Waals surface area contributed by atoms with Gasteiger partial charge in [-0.05, 0) is 12.1 Å². The topological polar surface area (TPSA) is 30.2 Å². The summed E-state index contributed by atoms with van der Waals surface area (Å²) < 4.78 is 15.3. The van der Waals surface area contributed by atoms with E-state index in [1.54, 1.807) is 18.4 Å². The lowest BCUT2D eigenvalue weighted by Crippen LogP contribution is -1.80. The van der Waals surface area contributed by atoms with Gasteiger partial charge in [0.15, 0.2) is 5.09 Å². The van der Waals surface area contributed by atoms with Crippen molar-refractivity contribution in [1.29, 1.82) is 0 Å². The highest BCUT2D eigenvalue weighted by Gasteiger charge is 1.95. The molecule has 2 nitrogen and oxygen atoms in total. The van der Waals surface area contributed by atoms with Gasteiger partial charge in [-0.3, -0.25) is 4.21 Å². The lowest BCUT2D eigenvalue weighted by molar-refractivity contribution is 0.466. The Balaban J connectivity index is 0.000000371. The lowest BCUT2D eigenvalue weighted by Gasteiger charge is -1.81. The molecule has 58 valence electrons. The molecule has 1 rings (SSSR count). The zero-order valence-corrected chi connectivity index (χ0v) is 7.27. The maximum atomic E-state index is 10.5. The molecule has 0 saturated heterocycles. The molecule has 0 spiro atoms. The van der Waals surface area contributed by atoms with Gasteiger partial charge in [0.2, 0.25) is 0 Å². The van der Waals surface area contributed by atoms with E-state index in [1.165, 1.54) is 6.26 Å². The molecule has 0 N–H and O–H groups in total. The van der Waals surface area contributed by atoms with Crippen LogP contribution in [0, 0.1) is 0 Å². The molecule has 1 aromatic heterocycles. The van der Waals surface area contributed by atoms with Crippen molar-refractivity contribution in [1.82, 2.24) is 0 Å². The summed E-state index contributed by atoms with van der Waals surface area (Å²) >= 11 is 0. The summed E-state index contributed by atoms with van der Waals surface area (Å²) in [6.45, 7) is 4.00. The van der Waals surface area contributed by atoms with Gasteiger partial charge in [0, 0.05) is 6.26 Å². The summed E-state index contributed by atoms with van der Waals surface area (Å²) in [6, 6.07) is 3.41. The van der Waals surface area contributed by atoms with Gasteiger partial charge in [0.05, 0.1) is 17.1 Å². The molecule has 0 saturated carbocycles. The molecule has 1 heterocycles.